The number of carbonyl (C=O) groups excluding carboxylic acids is 2. The van der Waals surface area contributed by atoms with Crippen LogP contribution in [0.25, 0.3) is 5.76 Å². The summed E-state index contributed by atoms with van der Waals surface area (Å²) in [5.74, 6) is -0.445. The van der Waals surface area contributed by atoms with Gasteiger partial charge in [-0.2, -0.15) is 0 Å². The Kier molecular flexibility index (Phi) is 6.83. The molecule has 3 rings (SSSR count). The van der Waals surface area contributed by atoms with Crippen molar-refractivity contribution in [3.05, 3.63) is 63.0 Å². The van der Waals surface area contributed by atoms with E-state index in [1.54, 1.807) is 37.3 Å². The maximum atomic E-state index is 12.9. The number of Topliss-reactive ketones (excluding diaryl/α,β-unsaturated/α-hetero) is 1. The molecule has 1 fully saturated rings. The van der Waals surface area contributed by atoms with Gasteiger partial charge >= 0.3 is 0 Å². The van der Waals surface area contributed by atoms with Gasteiger partial charge in [0.25, 0.3) is 11.7 Å². The lowest BCUT2D eigenvalue weighted by Gasteiger charge is -2.23. The van der Waals surface area contributed by atoms with E-state index in [-0.39, 0.29) is 17.4 Å². The van der Waals surface area contributed by atoms with Crippen molar-refractivity contribution in [1.82, 2.24) is 4.90 Å². The van der Waals surface area contributed by atoms with Gasteiger partial charge in [-0.25, -0.2) is 0 Å². The third-order valence-electron chi connectivity index (χ3n) is 5.00. The van der Waals surface area contributed by atoms with Crippen molar-refractivity contribution in [1.29, 1.82) is 0 Å². The number of ketones is 1. The monoisotopic (exact) mass is 475 g/mol. The van der Waals surface area contributed by atoms with Crippen LogP contribution in [0.4, 0.5) is 0 Å². The Labute approximate surface area is 184 Å². The van der Waals surface area contributed by atoms with Crippen LogP contribution < -0.4 is 0 Å². The van der Waals surface area contributed by atoms with E-state index in [1.165, 1.54) is 4.90 Å². The van der Waals surface area contributed by atoms with Gasteiger partial charge in [-0.3, -0.25) is 9.59 Å². The molecule has 2 heterocycles. The van der Waals surface area contributed by atoms with Crippen LogP contribution in [0.15, 0.2) is 44.8 Å². The first-order valence-electron chi connectivity index (χ1n) is 9.93. The fourth-order valence-electron chi connectivity index (χ4n) is 3.51. The van der Waals surface area contributed by atoms with Crippen molar-refractivity contribution in [2.24, 2.45) is 0 Å². The summed E-state index contributed by atoms with van der Waals surface area (Å²) in [6.45, 7) is 8.36. The first kappa shape index (κ1) is 22.3. The lowest BCUT2D eigenvalue weighted by molar-refractivity contribution is -0.140. The van der Waals surface area contributed by atoms with Gasteiger partial charge in [0.2, 0.25) is 0 Å². The van der Waals surface area contributed by atoms with E-state index in [0.717, 1.165) is 10.0 Å². The standard InChI is InChI=1S/C23H26BrNO5/c1-13(2)29-11-5-10-25-20(18-9-6-15(4)30-18)19(22(27)23(25)28)21(26)16-7-8-17(24)14(3)12-16/h6-9,12-13,20,26H,5,10-11H2,1-4H3/b21-19-. The van der Waals surface area contributed by atoms with Crippen LogP contribution in [0.2, 0.25) is 0 Å². The zero-order valence-corrected chi connectivity index (χ0v) is 19.2. The second kappa shape index (κ2) is 9.18. The summed E-state index contributed by atoms with van der Waals surface area (Å²) in [5.41, 5.74) is 1.43. The van der Waals surface area contributed by atoms with Crippen LogP contribution in [0.3, 0.4) is 0 Å². The van der Waals surface area contributed by atoms with Crippen LogP contribution in [0.1, 0.15) is 49.0 Å². The Morgan fingerprint density at radius 3 is 2.57 bits per heavy atom. The summed E-state index contributed by atoms with van der Waals surface area (Å²) in [6.07, 6.45) is 0.656. The molecule has 1 unspecified atom stereocenters. The van der Waals surface area contributed by atoms with Gasteiger partial charge in [0, 0.05) is 23.2 Å². The Hall–Kier alpha value is -2.38. The minimum absolute atomic E-state index is 0.0425. The molecule has 1 aromatic heterocycles. The van der Waals surface area contributed by atoms with E-state index in [1.807, 2.05) is 20.8 Å². The van der Waals surface area contributed by atoms with Crippen LogP contribution in [-0.4, -0.2) is 41.0 Å². The highest BCUT2D eigenvalue weighted by Crippen LogP contribution is 2.40. The molecule has 1 N–H and O–H groups in total. The normalized spacial score (nSPS) is 18.6. The van der Waals surface area contributed by atoms with Gasteiger partial charge in [0.15, 0.2) is 0 Å². The molecule has 1 aromatic carbocycles. The number of halogens is 1. The number of ether oxygens (including phenoxy) is 1. The highest BCUT2D eigenvalue weighted by Gasteiger charge is 2.47. The molecule has 0 saturated carbocycles. The van der Waals surface area contributed by atoms with E-state index in [9.17, 15) is 14.7 Å². The first-order chi connectivity index (χ1) is 14.2. The highest BCUT2D eigenvalue weighted by atomic mass is 79.9. The highest BCUT2D eigenvalue weighted by molar-refractivity contribution is 9.10. The number of hydrogen-bond acceptors (Lipinski definition) is 5. The predicted molar refractivity (Wildman–Crippen MR) is 117 cm³/mol. The number of nitrogens with zero attached hydrogens (tertiary/aromatic N) is 1. The minimum Gasteiger partial charge on any atom is -0.507 e. The van der Waals surface area contributed by atoms with Crippen molar-refractivity contribution in [2.75, 3.05) is 13.2 Å². The molecule has 1 aliphatic rings. The number of carbonyl (C=O) groups is 2. The zero-order chi connectivity index (χ0) is 22.0. The summed E-state index contributed by atoms with van der Waals surface area (Å²) >= 11 is 3.44. The maximum Gasteiger partial charge on any atom is 0.295 e. The molecule has 0 spiro atoms. The minimum atomic E-state index is -0.776. The Balaban J connectivity index is 2.02. The molecule has 0 bridgehead atoms. The van der Waals surface area contributed by atoms with Gasteiger partial charge in [-0.1, -0.05) is 22.0 Å². The Morgan fingerprint density at radius 2 is 1.97 bits per heavy atom. The lowest BCUT2D eigenvalue weighted by Crippen LogP contribution is -2.31. The average Bonchev–Trinajstić information content (AvgIpc) is 3.22. The second-order valence-corrected chi connectivity index (χ2v) is 8.53. The number of furan rings is 1. The number of hydrogen-bond donors (Lipinski definition) is 1. The molecule has 2 aromatic rings. The topological polar surface area (TPSA) is 80.0 Å². The van der Waals surface area contributed by atoms with Crippen LogP contribution in [0.5, 0.6) is 0 Å². The van der Waals surface area contributed by atoms with Gasteiger partial charge in [-0.05, 0) is 63.9 Å². The maximum absolute atomic E-state index is 12.9. The van der Waals surface area contributed by atoms with Gasteiger partial charge in [0.1, 0.15) is 23.3 Å². The third kappa shape index (κ3) is 4.52. The summed E-state index contributed by atoms with van der Waals surface area (Å²) in [5, 5.41) is 11.0. The molecule has 1 atom stereocenters. The molecule has 0 radical (unpaired) electrons. The van der Waals surface area contributed by atoms with E-state index >= 15 is 0 Å². The second-order valence-electron chi connectivity index (χ2n) is 7.68. The van der Waals surface area contributed by atoms with Crippen LogP contribution >= 0.6 is 15.9 Å². The first-order valence-corrected chi connectivity index (χ1v) is 10.7. The van der Waals surface area contributed by atoms with Gasteiger partial charge in [0.05, 0.1) is 11.7 Å². The summed E-state index contributed by atoms with van der Waals surface area (Å²) in [7, 11) is 0. The number of benzene rings is 1. The number of aliphatic hydroxyl groups excluding tert-OH is 1. The fourth-order valence-corrected chi connectivity index (χ4v) is 3.75. The summed E-state index contributed by atoms with van der Waals surface area (Å²) < 4.78 is 12.2. The average molecular weight is 476 g/mol. The Morgan fingerprint density at radius 1 is 1.23 bits per heavy atom. The molecular weight excluding hydrogens is 450 g/mol. The third-order valence-corrected chi connectivity index (χ3v) is 5.89. The molecule has 6 nitrogen and oxygen atoms in total. The van der Waals surface area contributed by atoms with Gasteiger partial charge < -0.3 is 19.2 Å². The van der Waals surface area contributed by atoms with Crippen molar-refractivity contribution in [3.8, 4) is 0 Å². The Bertz CT molecular complexity index is 991. The molecule has 0 aliphatic carbocycles. The number of rotatable bonds is 7. The van der Waals surface area contributed by atoms with Crippen molar-refractivity contribution in [2.45, 2.75) is 46.3 Å². The van der Waals surface area contributed by atoms with Gasteiger partial charge in [-0.15, -0.1) is 0 Å². The number of aliphatic hydroxyl groups is 1. The lowest BCUT2D eigenvalue weighted by atomic mass is 9.98. The number of likely N-dealkylation sites (tertiary alicyclic amines) is 1. The van der Waals surface area contributed by atoms with Crippen molar-refractivity contribution in [3.63, 3.8) is 0 Å². The van der Waals surface area contributed by atoms with Crippen molar-refractivity contribution >= 4 is 33.4 Å². The number of amides is 1. The zero-order valence-electron chi connectivity index (χ0n) is 17.6. The van der Waals surface area contributed by atoms with E-state index in [0.29, 0.717) is 36.7 Å². The molecule has 1 saturated heterocycles. The molecule has 30 heavy (non-hydrogen) atoms. The predicted octanol–water partition coefficient (Wildman–Crippen LogP) is 4.90. The molecular formula is C23H26BrNO5. The molecule has 1 aliphatic heterocycles. The molecule has 160 valence electrons. The quantitative estimate of drug-likeness (QED) is 0.266. The van der Waals surface area contributed by atoms with Crippen LogP contribution in [0, 0.1) is 13.8 Å². The van der Waals surface area contributed by atoms with Crippen molar-refractivity contribution < 1.29 is 23.8 Å². The van der Waals surface area contributed by atoms with E-state index in [2.05, 4.69) is 15.9 Å². The van der Waals surface area contributed by atoms with Crippen LogP contribution in [-0.2, 0) is 14.3 Å². The smallest absolute Gasteiger partial charge is 0.295 e. The SMILES string of the molecule is Cc1ccc(C2/C(=C(/O)c3ccc(Br)c(C)c3)C(=O)C(=O)N2CCCOC(C)C)o1. The number of aryl methyl sites for hydroxylation is 2. The van der Waals surface area contributed by atoms with E-state index in [4.69, 9.17) is 9.15 Å². The summed E-state index contributed by atoms with van der Waals surface area (Å²) in [6, 6.07) is 8.02. The fraction of sp³-hybridized carbons (Fsp3) is 0.391. The summed E-state index contributed by atoms with van der Waals surface area (Å²) in [4.78, 5) is 27.2. The largest absolute Gasteiger partial charge is 0.507 e. The molecule has 1 amide bonds. The molecule has 7 heteroatoms. The van der Waals surface area contributed by atoms with E-state index < -0.39 is 17.7 Å².